The average molecular weight is 355 g/mol. The number of anilines is 1. The van der Waals surface area contributed by atoms with Gasteiger partial charge in [0, 0.05) is 18.2 Å². The van der Waals surface area contributed by atoms with Crippen LogP contribution in [0.25, 0.3) is 0 Å². The van der Waals surface area contributed by atoms with Crippen LogP contribution in [0.2, 0.25) is 0 Å². The molecular formula is C18H17N3O5. The van der Waals surface area contributed by atoms with Crippen LogP contribution in [0.1, 0.15) is 17.3 Å². The summed E-state index contributed by atoms with van der Waals surface area (Å²) in [4.78, 5) is 35.2. The summed E-state index contributed by atoms with van der Waals surface area (Å²) in [5, 5.41) is 2.60. The summed E-state index contributed by atoms with van der Waals surface area (Å²) in [5.41, 5.74) is 5.53. The van der Waals surface area contributed by atoms with Crippen molar-refractivity contribution in [2.75, 3.05) is 11.9 Å². The lowest BCUT2D eigenvalue weighted by Crippen LogP contribution is -2.50. The molecule has 1 aliphatic heterocycles. The molecule has 3 amide bonds. The lowest BCUT2D eigenvalue weighted by molar-refractivity contribution is -0.131. The van der Waals surface area contributed by atoms with E-state index in [-0.39, 0.29) is 12.5 Å². The molecule has 0 aliphatic carbocycles. The maximum atomic E-state index is 12.1. The SMILES string of the molecule is CC(=O)Nc1ccc(C(=O)NNC(=O)C2COc3ccccc3O2)cc1. The van der Waals surface area contributed by atoms with Gasteiger partial charge in [-0.2, -0.15) is 0 Å². The molecule has 1 unspecified atom stereocenters. The van der Waals surface area contributed by atoms with E-state index in [1.807, 2.05) is 0 Å². The molecule has 1 atom stereocenters. The predicted octanol–water partition coefficient (Wildman–Crippen LogP) is 1.25. The Morgan fingerprint density at radius 3 is 2.35 bits per heavy atom. The Bertz CT molecular complexity index is 835. The summed E-state index contributed by atoms with van der Waals surface area (Å²) in [6.07, 6.45) is -0.868. The zero-order valence-corrected chi connectivity index (χ0v) is 13.9. The molecule has 0 spiro atoms. The van der Waals surface area contributed by atoms with E-state index >= 15 is 0 Å². The van der Waals surface area contributed by atoms with Crippen LogP contribution in [0.15, 0.2) is 48.5 Å². The first-order valence-electron chi connectivity index (χ1n) is 7.89. The number of rotatable bonds is 3. The van der Waals surface area contributed by atoms with Gasteiger partial charge in [0.25, 0.3) is 11.8 Å². The van der Waals surface area contributed by atoms with Gasteiger partial charge in [-0.1, -0.05) is 12.1 Å². The molecule has 26 heavy (non-hydrogen) atoms. The van der Waals surface area contributed by atoms with Crippen molar-refractivity contribution in [1.29, 1.82) is 0 Å². The van der Waals surface area contributed by atoms with Crippen molar-refractivity contribution in [3.05, 3.63) is 54.1 Å². The van der Waals surface area contributed by atoms with Gasteiger partial charge in [0.15, 0.2) is 11.5 Å². The number of amides is 3. The first-order valence-corrected chi connectivity index (χ1v) is 7.89. The number of hydrogen-bond donors (Lipinski definition) is 3. The van der Waals surface area contributed by atoms with Crippen LogP contribution in [0.4, 0.5) is 5.69 Å². The van der Waals surface area contributed by atoms with E-state index in [0.29, 0.717) is 22.7 Å². The van der Waals surface area contributed by atoms with Gasteiger partial charge in [-0.15, -0.1) is 0 Å². The fourth-order valence-electron chi connectivity index (χ4n) is 2.33. The topological polar surface area (TPSA) is 106 Å². The highest BCUT2D eigenvalue weighted by atomic mass is 16.6. The van der Waals surface area contributed by atoms with Crippen LogP contribution in [0, 0.1) is 0 Å². The molecule has 1 aliphatic rings. The molecular weight excluding hydrogens is 338 g/mol. The van der Waals surface area contributed by atoms with Crippen LogP contribution in [-0.4, -0.2) is 30.4 Å². The van der Waals surface area contributed by atoms with Crippen molar-refractivity contribution >= 4 is 23.4 Å². The molecule has 1 heterocycles. The van der Waals surface area contributed by atoms with Crippen LogP contribution in [0.5, 0.6) is 11.5 Å². The molecule has 0 aromatic heterocycles. The minimum Gasteiger partial charge on any atom is -0.485 e. The predicted molar refractivity (Wildman–Crippen MR) is 92.7 cm³/mol. The first kappa shape index (κ1) is 17.3. The van der Waals surface area contributed by atoms with Crippen molar-refractivity contribution in [3.63, 3.8) is 0 Å². The van der Waals surface area contributed by atoms with Crippen molar-refractivity contribution < 1.29 is 23.9 Å². The second kappa shape index (κ2) is 7.56. The Labute approximate surface area is 149 Å². The number of carbonyl (C=O) groups is 3. The van der Waals surface area contributed by atoms with Gasteiger partial charge >= 0.3 is 0 Å². The smallest absolute Gasteiger partial charge is 0.283 e. The van der Waals surface area contributed by atoms with Gasteiger partial charge in [0.05, 0.1) is 0 Å². The van der Waals surface area contributed by atoms with E-state index < -0.39 is 17.9 Å². The summed E-state index contributed by atoms with van der Waals surface area (Å²) in [6, 6.07) is 13.3. The van der Waals surface area contributed by atoms with Gasteiger partial charge in [0.1, 0.15) is 6.61 Å². The summed E-state index contributed by atoms with van der Waals surface area (Å²) < 4.78 is 11.0. The lowest BCUT2D eigenvalue weighted by Gasteiger charge is -2.25. The Hall–Kier alpha value is -3.55. The molecule has 0 bridgehead atoms. The number of para-hydroxylation sites is 2. The number of fused-ring (bicyclic) bond motifs is 1. The Balaban J connectivity index is 1.53. The molecule has 3 N–H and O–H groups in total. The van der Waals surface area contributed by atoms with Crippen molar-refractivity contribution in [2.24, 2.45) is 0 Å². The fraction of sp³-hybridized carbons (Fsp3) is 0.167. The molecule has 3 rings (SSSR count). The van der Waals surface area contributed by atoms with Gasteiger partial charge in [-0.3, -0.25) is 25.2 Å². The minimum absolute atomic E-state index is 0.0458. The van der Waals surface area contributed by atoms with E-state index in [1.165, 1.54) is 19.1 Å². The molecule has 0 saturated carbocycles. The van der Waals surface area contributed by atoms with Gasteiger partial charge in [-0.25, -0.2) is 0 Å². The Morgan fingerprint density at radius 2 is 1.65 bits per heavy atom. The van der Waals surface area contributed by atoms with Gasteiger partial charge in [-0.05, 0) is 36.4 Å². The highest BCUT2D eigenvalue weighted by Crippen LogP contribution is 2.30. The van der Waals surface area contributed by atoms with E-state index in [1.54, 1.807) is 36.4 Å². The monoisotopic (exact) mass is 355 g/mol. The third kappa shape index (κ3) is 4.10. The highest BCUT2D eigenvalue weighted by molar-refractivity contribution is 5.96. The average Bonchev–Trinajstić information content (AvgIpc) is 2.65. The van der Waals surface area contributed by atoms with Crippen LogP contribution in [-0.2, 0) is 9.59 Å². The summed E-state index contributed by atoms with van der Waals surface area (Å²) in [6.45, 7) is 1.44. The molecule has 0 fully saturated rings. The molecule has 2 aromatic carbocycles. The van der Waals surface area contributed by atoms with Crippen molar-refractivity contribution in [1.82, 2.24) is 10.9 Å². The summed E-state index contributed by atoms with van der Waals surface area (Å²) in [5.74, 6) is -0.183. The molecule has 8 heteroatoms. The number of hydrazine groups is 1. The van der Waals surface area contributed by atoms with Gasteiger partial charge < -0.3 is 14.8 Å². The number of ether oxygens (including phenoxy) is 2. The standard InChI is InChI=1S/C18H17N3O5/c1-11(22)19-13-8-6-12(7-9-13)17(23)20-21-18(24)16-10-25-14-4-2-3-5-15(14)26-16/h2-9,16H,10H2,1H3,(H,19,22)(H,20,23)(H,21,24). The van der Waals surface area contributed by atoms with E-state index in [9.17, 15) is 14.4 Å². The number of carbonyl (C=O) groups excluding carboxylic acids is 3. The van der Waals surface area contributed by atoms with E-state index in [2.05, 4.69) is 16.2 Å². The number of hydrogen-bond acceptors (Lipinski definition) is 5. The second-order valence-electron chi connectivity index (χ2n) is 5.57. The third-order valence-electron chi connectivity index (χ3n) is 3.57. The van der Waals surface area contributed by atoms with Crippen LogP contribution in [0.3, 0.4) is 0 Å². The normalized spacial score (nSPS) is 14.9. The van der Waals surface area contributed by atoms with E-state index in [0.717, 1.165) is 0 Å². The quantitative estimate of drug-likeness (QED) is 0.719. The Kier molecular flexibility index (Phi) is 5.02. The molecule has 0 saturated heterocycles. The van der Waals surface area contributed by atoms with Crippen LogP contribution >= 0.6 is 0 Å². The van der Waals surface area contributed by atoms with E-state index in [4.69, 9.17) is 9.47 Å². The first-order chi connectivity index (χ1) is 12.5. The maximum absolute atomic E-state index is 12.1. The molecule has 8 nitrogen and oxygen atoms in total. The Morgan fingerprint density at radius 1 is 0.962 bits per heavy atom. The third-order valence-corrected chi connectivity index (χ3v) is 3.57. The minimum atomic E-state index is -0.868. The lowest BCUT2D eigenvalue weighted by atomic mass is 10.2. The number of nitrogens with one attached hydrogen (secondary N) is 3. The second-order valence-corrected chi connectivity index (χ2v) is 5.57. The zero-order valence-electron chi connectivity index (χ0n) is 13.9. The number of benzene rings is 2. The fourth-order valence-corrected chi connectivity index (χ4v) is 2.33. The maximum Gasteiger partial charge on any atom is 0.283 e. The molecule has 0 radical (unpaired) electrons. The molecule has 134 valence electrons. The largest absolute Gasteiger partial charge is 0.485 e. The summed E-state index contributed by atoms with van der Waals surface area (Å²) >= 11 is 0. The van der Waals surface area contributed by atoms with Crippen molar-refractivity contribution in [3.8, 4) is 11.5 Å². The van der Waals surface area contributed by atoms with Gasteiger partial charge in [0.2, 0.25) is 12.0 Å². The van der Waals surface area contributed by atoms with Crippen molar-refractivity contribution in [2.45, 2.75) is 13.0 Å². The highest BCUT2D eigenvalue weighted by Gasteiger charge is 2.27. The summed E-state index contributed by atoms with van der Waals surface area (Å²) in [7, 11) is 0. The van der Waals surface area contributed by atoms with Crippen LogP contribution < -0.4 is 25.6 Å². The zero-order chi connectivity index (χ0) is 18.5. The molecule has 2 aromatic rings.